The van der Waals surface area contributed by atoms with Gasteiger partial charge in [-0.05, 0) is 49.8 Å². The largest absolute Gasteiger partial charge is 0.488 e. The Kier molecular flexibility index (Phi) is 8.49. The van der Waals surface area contributed by atoms with Crippen LogP contribution in [0.2, 0.25) is 0 Å². The van der Waals surface area contributed by atoms with E-state index in [0.717, 1.165) is 29.9 Å². The number of likely N-dealkylation sites (tertiary alicyclic amines) is 1. The molecule has 2 fully saturated rings. The SMILES string of the molecule is CC(=O)CN1CC[C@H](Oc2ccc(C(F)(F)F)cc2C(=O)/N=c2\sc(C(C)(C)C)cn2C[C@H]2CCCO2)C1. The third-order valence-electron chi connectivity index (χ3n) is 6.59. The molecule has 0 bridgehead atoms. The molecule has 2 aromatic rings. The van der Waals surface area contributed by atoms with Crippen molar-refractivity contribution in [2.45, 2.75) is 77.3 Å². The number of hydrogen-bond donors (Lipinski definition) is 0. The van der Waals surface area contributed by atoms with Gasteiger partial charge in [0.1, 0.15) is 17.6 Å². The number of carbonyl (C=O) groups is 2. The molecule has 208 valence electrons. The van der Waals surface area contributed by atoms with Crippen LogP contribution in [0.3, 0.4) is 0 Å². The molecule has 0 spiro atoms. The minimum Gasteiger partial charge on any atom is -0.488 e. The summed E-state index contributed by atoms with van der Waals surface area (Å²) >= 11 is 1.35. The predicted molar refractivity (Wildman–Crippen MR) is 137 cm³/mol. The smallest absolute Gasteiger partial charge is 0.416 e. The molecule has 0 saturated carbocycles. The van der Waals surface area contributed by atoms with E-state index in [1.165, 1.54) is 24.3 Å². The molecule has 0 aliphatic carbocycles. The normalized spacial score (nSPS) is 21.3. The Hall–Kier alpha value is -2.50. The van der Waals surface area contributed by atoms with Gasteiger partial charge < -0.3 is 14.0 Å². The van der Waals surface area contributed by atoms with Crippen molar-refractivity contribution in [1.29, 1.82) is 0 Å². The Bertz CT molecular complexity index is 1240. The fourth-order valence-corrected chi connectivity index (χ4v) is 5.66. The zero-order chi connectivity index (χ0) is 27.7. The van der Waals surface area contributed by atoms with Gasteiger partial charge in [0.05, 0.1) is 30.3 Å². The van der Waals surface area contributed by atoms with Gasteiger partial charge in [-0.3, -0.25) is 14.5 Å². The molecule has 0 unspecified atom stereocenters. The summed E-state index contributed by atoms with van der Waals surface area (Å²) in [5, 5.41) is 0. The quantitative estimate of drug-likeness (QED) is 0.491. The molecular weight excluding hydrogens is 519 g/mol. The zero-order valence-electron chi connectivity index (χ0n) is 22.1. The van der Waals surface area contributed by atoms with Crippen LogP contribution in [0.5, 0.6) is 5.75 Å². The zero-order valence-corrected chi connectivity index (χ0v) is 23.0. The van der Waals surface area contributed by atoms with Gasteiger partial charge in [-0.15, -0.1) is 11.3 Å². The van der Waals surface area contributed by atoms with Crippen LogP contribution in [0.15, 0.2) is 29.4 Å². The molecular formula is C27H34F3N3O4S. The average molecular weight is 554 g/mol. The first-order valence-corrected chi connectivity index (χ1v) is 13.6. The number of alkyl halides is 3. The molecule has 2 aliphatic heterocycles. The van der Waals surface area contributed by atoms with E-state index in [0.29, 0.717) is 37.5 Å². The van der Waals surface area contributed by atoms with Crippen molar-refractivity contribution in [3.05, 3.63) is 45.2 Å². The highest BCUT2D eigenvalue weighted by atomic mass is 32.1. The first kappa shape index (κ1) is 28.5. The van der Waals surface area contributed by atoms with Gasteiger partial charge in [0.15, 0.2) is 4.80 Å². The number of aromatic nitrogens is 1. The number of Topliss-reactive ketones (excluding diaryl/α,β-unsaturated/α-hetero) is 1. The highest BCUT2D eigenvalue weighted by molar-refractivity contribution is 7.09. The summed E-state index contributed by atoms with van der Waals surface area (Å²) < 4.78 is 54.3. The standard InChI is InChI=1S/C27H34F3N3O4S/c1-17(34)13-32-10-9-20(14-32)37-22-8-7-18(27(28,29)30)12-21(22)24(35)31-25-33(15-19-6-5-11-36-19)16-23(38-25)26(2,3)4/h7-8,12,16,19-20H,5-6,9-11,13-15H2,1-4H3/b31-25-/t19-,20+/m1/s1. The van der Waals surface area contributed by atoms with Crippen LogP contribution in [0, 0.1) is 0 Å². The lowest BCUT2D eigenvalue weighted by Crippen LogP contribution is -2.29. The summed E-state index contributed by atoms with van der Waals surface area (Å²) in [5.41, 5.74) is -1.38. The van der Waals surface area contributed by atoms with Gasteiger partial charge in [0.2, 0.25) is 0 Å². The minimum atomic E-state index is -4.62. The van der Waals surface area contributed by atoms with Crippen LogP contribution in [-0.2, 0) is 27.7 Å². The number of ether oxygens (including phenoxy) is 2. The van der Waals surface area contributed by atoms with Gasteiger partial charge in [0, 0.05) is 30.8 Å². The van der Waals surface area contributed by atoms with Crippen molar-refractivity contribution < 1.29 is 32.2 Å². The van der Waals surface area contributed by atoms with Crippen LogP contribution in [-0.4, -0.2) is 59.6 Å². The number of carbonyl (C=O) groups excluding carboxylic acids is 2. The van der Waals surface area contributed by atoms with Crippen LogP contribution in [0.4, 0.5) is 13.2 Å². The molecule has 0 radical (unpaired) electrons. The number of nitrogens with zero attached hydrogens (tertiary/aromatic N) is 3. The Morgan fingerprint density at radius 3 is 2.61 bits per heavy atom. The van der Waals surface area contributed by atoms with Gasteiger partial charge in [-0.2, -0.15) is 18.2 Å². The third-order valence-corrected chi connectivity index (χ3v) is 8.03. The molecule has 4 rings (SSSR count). The maximum Gasteiger partial charge on any atom is 0.416 e. The number of amides is 1. The van der Waals surface area contributed by atoms with E-state index >= 15 is 0 Å². The number of benzene rings is 1. The second-order valence-electron chi connectivity index (χ2n) is 11.0. The fraction of sp³-hybridized carbons (Fsp3) is 0.593. The van der Waals surface area contributed by atoms with Crippen molar-refractivity contribution >= 4 is 23.0 Å². The lowest BCUT2D eigenvalue weighted by Gasteiger charge is -2.18. The second-order valence-corrected chi connectivity index (χ2v) is 12.0. The predicted octanol–water partition coefficient (Wildman–Crippen LogP) is 4.83. The first-order valence-electron chi connectivity index (χ1n) is 12.8. The van der Waals surface area contributed by atoms with E-state index < -0.39 is 17.6 Å². The molecule has 2 aliphatic rings. The van der Waals surface area contributed by atoms with Crippen molar-refractivity contribution in [2.24, 2.45) is 4.99 Å². The monoisotopic (exact) mass is 553 g/mol. The third kappa shape index (κ3) is 7.12. The molecule has 1 amide bonds. The Morgan fingerprint density at radius 1 is 1.21 bits per heavy atom. The molecule has 7 nitrogen and oxygen atoms in total. The number of ketones is 1. The summed E-state index contributed by atoms with van der Waals surface area (Å²) in [6.07, 6.45) is -0.570. The summed E-state index contributed by atoms with van der Waals surface area (Å²) in [6, 6.07) is 2.91. The highest BCUT2D eigenvalue weighted by Gasteiger charge is 2.33. The van der Waals surface area contributed by atoms with Crippen LogP contribution >= 0.6 is 11.3 Å². The summed E-state index contributed by atoms with van der Waals surface area (Å²) in [4.78, 5) is 32.5. The molecule has 1 aromatic heterocycles. The maximum absolute atomic E-state index is 13.6. The molecule has 38 heavy (non-hydrogen) atoms. The van der Waals surface area contributed by atoms with Gasteiger partial charge >= 0.3 is 6.18 Å². The Morgan fingerprint density at radius 2 is 1.97 bits per heavy atom. The maximum atomic E-state index is 13.6. The summed E-state index contributed by atoms with van der Waals surface area (Å²) in [5.74, 6) is -0.718. The lowest BCUT2D eigenvalue weighted by atomic mass is 9.95. The second kappa shape index (κ2) is 11.3. The van der Waals surface area contributed by atoms with Crippen LogP contribution < -0.4 is 9.54 Å². The van der Waals surface area contributed by atoms with Crippen molar-refractivity contribution in [1.82, 2.24) is 9.47 Å². The minimum absolute atomic E-state index is 0.000707. The topological polar surface area (TPSA) is 73.1 Å². The van der Waals surface area contributed by atoms with E-state index in [-0.39, 0.29) is 41.3 Å². The lowest BCUT2D eigenvalue weighted by molar-refractivity contribution is -0.137. The Labute approximate surface area is 224 Å². The summed E-state index contributed by atoms with van der Waals surface area (Å²) in [6.45, 7) is 10.2. The number of thiazole rings is 1. The molecule has 3 heterocycles. The van der Waals surface area contributed by atoms with Gasteiger partial charge in [-0.1, -0.05) is 20.8 Å². The molecule has 2 saturated heterocycles. The van der Waals surface area contributed by atoms with E-state index in [4.69, 9.17) is 9.47 Å². The number of hydrogen-bond acceptors (Lipinski definition) is 6. The van der Waals surface area contributed by atoms with Crippen molar-refractivity contribution in [3.8, 4) is 5.75 Å². The average Bonchev–Trinajstić information content (AvgIpc) is 3.55. The number of rotatable bonds is 7. The van der Waals surface area contributed by atoms with Crippen molar-refractivity contribution in [3.63, 3.8) is 0 Å². The highest BCUT2D eigenvalue weighted by Crippen LogP contribution is 2.34. The van der Waals surface area contributed by atoms with Crippen molar-refractivity contribution in [2.75, 3.05) is 26.2 Å². The van der Waals surface area contributed by atoms with Crippen LogP contribution in [0.25, 0.3) is 0 Å². The van der Waals surface area contributed by atoms with Gasteiger partial charge in [-0.25, -0.2) is 0 Å². The molecule has 2 atom stereocenters. The molecule has 1 aromatic carbocycles. The van der Waals surface area contributed by atoms with E-state index in [2.05, 4.69) is 25.8 Å². The van der Waals surface area contributed by atoms with Gasteiger partial charge in [0.25, 0.3) is 5.91 Å². The molecule has 0 N–H and O–H groups in total. The van der Waals surface area contributed by atoms with Crippen LogP contribution in [0.1, 0.15) is 67.8 Å². The van der Waals surface area contributed by atoms with E-state index in [1.54, 1.807) is 0 Å². The first-order chi connectivity index (χ1) is 17.8. The number of halogens is 3. The fourth-order valence-electron chi connectivity index (χ4n) is 4.61. The summed E-state index contributed by atoms with van der Waals surface area (Å²) in [7, 11) is 0. The van der Waals surface area contributed by atoms with E-state index in [9.17, 15) is 22.8 Å². The van der Waals surface area contributed by atoms with E-state index in [1.807, 2.05) is 15.7 Å². The Balaban J connectivity index is 1.68. The molecule has 11 heteroatoms.